The van der Waals surface area contributed by atoms with Crippen molar-refractivity contribution < 1.29 is 23.1 Å². The average Bonchev–Trinajstić information content (AvgIpc) is 2.75. The maximum Gasteiger partial charge on any atom is 0.435 e. The van der Waals surface area contributed by atoms with Crippen LogP contribution in [0.2, 0.25) is 0 Å². The fraction of sp³-hybridized carbons (Fsp3) is 0.545. The molecule has 0 aliphatic carbocycles. The Kier molecular flexibility index (Phi) is 3.59. The van der Waals surface area contributed by atoms with E-state index >= 15 is 0 Å². The topological polar surface area (TPSA) is 66.3 Å². The molecule has 1 unspecified atom stereocenters. The largest absolute Gasteiger partial charge is 0.481 e. The molecular formula is C11H12F3N3O2. The third-order valence-electron chi connectivity index (χ3n) is 3.01. The summed E-state index contributed by atoms with van der Waals surface area (Å²) < 4.78 is 37.0. The number of aliphatic carboxylic acids is 1. The summed E-state index contributed by atoms with van der Waals surface area (Å²) in [6, 6.07) is 2.14. The predicted molar refractivity (Wildman–Crippen MR) is 59.6 cm³/mol. The SMILES string of the molecule is O=C(O)CC1CCN(c2ccc(C(F)(F)F)nn2)C1. The molecule has 1 fully saturated rings. The molecule has 0 bridgehead atoms. The van der Waals surface area contributed by atoms with Crippen LogP contribution >= 0.6 is 0 Å². The number of halogens is 3. The minimum absolute atomic E-state index is 0.00147. The monoisotopic (exact) mass is 275 g/mol. The molecule has 8 heteroatoms. The lowest BCUT2D eigenvalue weighted by Crippen LogP contribution is -2.22. The number of rotatable bonds is 3. The number of nitrogens with zero attached hydrogens (tertiary/aromatic N) is 3. The number of anilines is 1. The van der Waals surface area contributed by atoms with Gasteiger partial charge in [-0.05, 0) is 24.5 Å². The van der Waals surface area contributed by atoms with Gasteiger partial charge < -0.3 is 10.0 Å². The molecule has 0 radical (unpaired) electrons. The first-order chi connectivity index (χ1) is 8.86. The highest BCUT2D eigenvalue weighted by atomic mass is 19.4. The molecule has 5 nitrogen and oxygen atoms in total. The van der Waals surface area contributed by atoms with Crippen LogP contribution in [0.1, 0.15) is 18.5 Å². The Labute approximate surface area is 107 Å². The minimum atomic E-state index is -4.50. The number of carboxylic acid groups (broad SMARTS) is 1. The van der Waals surface area contributed by atoms with E-state index in [9.17, 15) is 18.0 Å². The van der Waals surface area contributed by atoms with Gasteiger partial charge in [0.2, 0.25) is 0 Å². The van der Waals surface area contributed by atoms with Gasteiger partial charge in [-0.2, -0.15) is 13.2 Å². The zero-order valence-corrected chi connectivity index (χ0v) is 9.89. The van der Waals surface area contributed by atoms with Crippen molar-refractivity contribution in [3.8, 4) is 0 Å². The second kappa shape index (κ2) is 5.02. The zero-order valence-electron chi connectivity index (χ0n) is 9.89. The van der Waals surface area contributed by atoms with Gasteiger partial charge in [-0.3, -0.25) is 4.79 Å². The van der Waals surface area contributed by atoms with Crippen LogP contribution in [0.3, 0.4) is 0 Å². The maximum absolute atomic E-state index is 12.3. The van der Waals surface area contributed by atoms with E-state index in [4.69, 9.17) is 5.11 Å². The number of carboxylic acids is 1. The number of alkyl halides is 3. The van der Waals surface area contributed by atoms with E-state index < -0.39 is 17.8 Å². The van der Waals surface area contributed by atoms with Gasteiger partial charge >= 0.3 is 12.1 Å². The van der Waals surface area contributed by atoms with Gasteiger partial charge in [0.15, 0.2) is 11.5 Å². The fourth-order valence-electron chi connectivity index (χ4n) is 2.10. The van der Waals surface area contributed by atoms with Crippen molar-refractivity contribution in [2.24, 2.45) is 5.92 Å². The molecule has 1 saturated heterocycles. The highest BCUT2D eigenvalue weighted by Crippen LogP contribution is 2.29. The third-order valence-corrected chi connectivity index (χ3v) is 3.01. The van der Waals surface area contributed by atoms with Gasteiger partial charge in [0, 0.05) is 19.5 Å². The summed E-state index contributed by atoms with van der Waals surface area (Å²) in [5.74, 6) is -0.521. The van der Waals surface area contributed by atoms with E-state index in [0.29, 0.717) is 25.3 Å². The van der Waals surface area contributed by atoms with Crippen LogP contribution in [0.5, 0.6) is 0 Å². The molecule has 2 heterocycles. The molecule has 1 aromatic heterocycles. The van der Waals surface area contributed by atoms with E-state index in [0.717, 1.165) is 6.07 Å². The molecule has 1 aliphatic heterocycles. The van der Waals surface area contributed by atoms with Crippen molar-refractivity contribution in [1.29, 1.82) is 0 Å². The first-order valence-electron chi connectivity index (χ1n) is 5.74. The van der Waals surface area contributed by atoms with E-state index in [-0.39, 0.29) is 12.3 Å². The first-order valence-corrected chi connectivity index (χ1v) is 5.74. The van der Waals surface area contributed by atoms with Crippen molar-refractivity contribution in [3.05, 3.63) is 17.8 Å². The molecule has 104 valence electrons. The summed E-state index contributed by atoms with van der Waals surface area (Å²) in [6.45, 7) is 1.06. The van der Waals surface area contributed by atoms with Gasteiger partial charge in [0.05, 0.1) is 0 Å². The molecular weight excluding hydrogens is 263 g/mol. The van der Waals surface area contributed by atoms with Crippen molar-refractivity contribution in [2.75, 3.05) is 18.0 Å². The van der Waals surface area contributed by atoms with Crippen LogP contribution in [-0.4, -0.2) is 34.4 Å². The maximum atomic E-state index is 12.3. The fourth-order valence-corrected chi connectivity index (χ4v) is 2.10. The molecule has 1 aliphatic rings. The quantitative estimate of drug-likeness (QED) is 0.911. The van der Waals surface area contributed by atoms with Crippen molar-refractivity contribution in [2.45, 2.75) is 19.0 Å². The standard InChI is InChI=1S/C11H12F3N3O2/c12-11(13,14)8-1-2-9(16-15-8)17-4-3-7(6-17)5-10(18)19/h1-2,7H,3-6H2,(H,18,19). The lowest BCUT2D eigenvalue weighted by atomic mass is 10.1. The number of hydrogen-bond acceptors (Lipinski definition) is 4. The second-order valence-electron chi connectivity index (χ2n) is 4.47. The molecule has 0 aromatic carbocycles. The summed E-state index contributed by atoms with van der Waals surface area (Å²) in [4.78, 5) is 12.3. The van der Waals surface area contributed by atoms with Crippen LogP contribution in [0.25, 0.3) is 0 Å². The van der Waals surface area contributed by atoms with Crippen LogP contribution < -0.4 is 4.90 Å². The Balaban J connectivity index is 2.02. The minimum Gasteiger partial charge on any atom is -0.481 e. The molecule has 0 spiro atoms. The number of hydrogen-bond donors (Lipinski definition) is 1. The molecule has 19 heavy (non-hydrogen) atoms. The van der Waals surface area contributed by atoms with Gasteiger partial charge in [0.1, 0.15) is 0 Å². The van der Waals surface area contributed by atoms with Gasteiger partial charge in [-0.25, -0.2) is 0 Å². The molecule has 0 amide bonds. The van der Waals surface area contributed by atoms with Crippen molar-refractivity contribution >= 4 is 11.8 Å². The lowest BCUT2D eigenvalue weighted by Gasteiger charge is -2.16. The van der Waals surface area contributed by atoms with Crippen molar-refractivity contribution in [1.82, 2.24) is 10.2 Å². The van der Waals surface area contributed by atoms with E-state index in [1.807, 2.05) is 0 Å². The average molecular weight is 275 g/mol. The Morgan fingerprint density at radius 3 is 2.68 bits per heavy atom. The van der Waals surface area contributed by atoms with Crippen molar-refractivity contribution in [3.63, 3.8) is 0 Å². The Hall–Kier alpha value is -1.86. The lowest BCUT2D eigenvalue weighted by molar-refractivity contribution is -0.142. The Bertz CT molecular complexity index is 461. The number of carbonyl (C=O) groups is 1. The van der Waals surface area contributed by atoms with Gasteiger partial charge in [0.25, 0.3) is 0 Å². The van der Waals surface area contributed by atoms with Crippen LogP contribution in [0.15, 0.2) is 12.1 Å². The van der Waals surface area contributed by atoms with E-state index in [1.165, 1.54) is 6.07 Å². The number of aromatic nitrogens is 2. The summed E-state index contributed by atoms with van der Waals surface area (Å²) in [7, 11) is 0. The summed E-state index contributed by atoms with van der Waals surface area (Å²) in [5.41, 5.74) is -1.03. The van der Waals surface area contributed by atoms with Crippen LogP contribution in [0, 0.1) is 5.92 Å². The zero-order chi connectivity index (χ0) is 14.0. The first kappa shape index (κ1) is 13.6. The van der Waals surface area contributed by atoms with E-state index in [2.05, 4.69) is 10.2 Å². The van der Waals surface area contributed by atoms with Crippen LogP contribution in [-0.2, 0) is 11.0 Å². The third kappa shape index (κ3) is 3.33. The summed E-state index contributed by atoms with van der Waals surface area (Å²) >= 11 is 0. The van der Waals surface area contributed by atoms with Gasteiger partial charge in [-0.1, -0.05) is 0 Å². The van der Waals surface area contributed by atoms with E-state index in [1.54, 1.807) is 4.90 Å². The van der Waals surface area contributed by atoms with Crippen LogP contribution in [0.4, 0.5) is 19.0 Å². The second-order valence-corrected chi connectivity index (χ2v) is 4.47. The molecule has 1 aromatic rings. The molecule has 2 rings (SSSR count). The highest BCUT2D eigenvalue weighted by Gasteiger charge is 2.33. The molecule has 1 atom stereocenters. The Morgan fingerprint density at radius 2 is 2.16 bits per heavy atom. The predicted octanol–water partition coefficient (Wildman–Crippen LogP) is 1.80. The van der Waals surface area contributed by atoms with Gasteiger partial charge in [-0.15, -0.1) is 10.2 Å². The summed E-state index contributed by atoms with van der Waals surface area (Å²) in [5, 5.41) is 15.4. The summed E-state index contributed by atoms with van der Waals surface area (Å²) in [6.07, 6.45) is -3.75. The normalized spacial score (nSPS) is 19.7. The molecule has 0 saturated carbocycles. The Morgan fingerprint density at radius 1 is 1.42 bits per heavy atom. The molecule has 1 N–H and O–H groups in total. The smallest absolute Gasteiger partial charge is 0.435 e. The highest BCUT2D eigenvalue weighted by molar-refractivity contribution is 5.67.